The Hall–Kier alpha value is -1.35. The molecule has 23 heavy (non-hydrogen) atoms. The third-order valence-corrected chi connectivity index (χ3v) is 6.11. The summed E-state index contributed by atoms with van der Waals surface area (Å²) in [6.07, 6.45) is 2.54. The highest BCUT2D eigenvalue weighted by atomic mass is 35.5. The molecule has 3 aliphatic rings. The Morgan fingerprint density at radius 2 is 1.43 bits per heavy atom. The Bertz CT molecular complexity index is 684. The van der Waals surface area contributed by atoms with E-state index in [1.807, 2.05) is 0 Å². The van der Waals surface area contributed by atoms with Crippen LogP contribution in [-0.2, 0) is 0 Å². The first-order valence-electron chi connectivity index (χ1n) is 8.51. The van der Waals surface area contributed by atoms with Gasteiger partial charge >= 0.3 is 0 Å². The summed E-state index contributed by atoms with van der Waals surface area (Å²) in [7, 11) is 0. The second-order valence-electron chi connectivity index (χ2n) is 7.20. The zero-order valence-corrected chi connectivity index (χ0v) is 14.0. The van der Waals surface area contributed by atoms with Crippen LogP contribution in [0.2, 0.25) is 0 Å². The number of nitrogens with zero attached hydrogens (tertiary/aromatic N) is 1. The van der Waals surface area contributed by atoms with Crippen molar-refractivity contribution >= 4 is 12.4 Å². The zero-order chi connectivity index (χ0) is 14.7. The van der Waals surface area contributed by atoms with Gasteiger partial charge in [-0.2, -0.15) is 0 Å². The minimum absolute atomic E-state index is 0. The predicted octanol–water partition coefficient (Wildman–Crippen LogP) is 3.85. The molecule has 2 N–H and O–H groups in total. The Balaban J connectivity index is 0.00000135. The first-order chi connectivity index (χ1) is 10.8. The molecule has 2 aromatic carbocycles. The first kappa shape index (κ1) is 15.2. The molecular formula is C20H23ClN2. The molecule has 0 radical (unpaired) electrons. The van der Waals surface area contributed by atoms with E-state index in [1.165, 1.54) is 48.2 Å². The van der Waals surface area contributed by atoms with E-state index in [-0.39, 0.29) is 12.4 Å². The Morgan fingerprint density at radius 1 is 0.826 bits per heavy atom. The van der Waals surface area contributed by atoms with Gasteiger partial charge in [-0.1, -0.05) is 48.5 Å². The molecule has 1 saturated heterocycles. The highest BCUT2D eigenvalue weighted by Crippen LogP contribution is 2.49. The van der Waals surface area contributed by atoms with Crippen molar-refractivity contribution in [2.75, 3.05) is 13.1 Å². The molecule has 0 bridgehead atoms. The average molecular weight is 327 g/mol. The predicted molar refractivity (Wildman–Crippen MR) is 96.7 cm³/mol. The summed E-state index contributed by atoms with van der Waals surface area (Å²) < 4.78 is 0. The van der Waals surface area contributed by atoms with Gasteiger partial charge in [0, 0.05) is 19.1 Å². The Labute approximate surface area is 144 Å². The molecule has 3 heteroatoms. The van der Waals surface area contributed by atoms with Gasteiger partial charge in [0.1, 0.15) is 0 Å². The van der Waals surface area contributed by atoms with Crippen molar-refractivity contribution in [1.82, 2.24) is 4.90 Å². The van der Waals surface area contributed by atoms with Crippen molar-refractivity contribution in [3.05, 3.63) is 59.7 Å². The van der Waals surface area contributed by atoms with Gasteiger partial charge in [-0.3, -0.25) is 4.90 Å². The fourth-order valence-electron chi connectivity index (χ4n) is 5.08. The van der Waals surface area contributed by atoms with E-state index in [4.69, 9.17) is 5.73 Å². The molecule has 5 rings (SSSR count). The fourth-order valence-corrected chi connectivity index (χ4v) is 5.08. The van der Waals surface area contributed by atoms with Gasteiger partial charge in [-0.05, 0) is 46.9 Å². The van der Waals surface area contributed by atoms with Crippen molar-refractivity contribution < 1.29 is 0 Å². The summed E-state index contributed by atoms with van der Waals surface area (Å²) in [5, 5.41) is 0. The van der Waals surface area contributed by atoms with Crippen LogP contribution in [0.4, 0.5) is 0 Å². The first-order valence-corrected chi connectivity index (χ1v) is 8.51. The van der Waals surface area contributed by atoms with Gasteiger partial charge in [0.05, 0.1) is 6.04 Å². The van der Waals surface area contributed by atoms with E-state index in [1.54, 1.807) is 0 Å². The Morgan fingerprint density at radius 3 is 2.04 bits per heavy atom. The Kier molecular flexibility index (Phi) is 3.72. The van der Waals surface area contributed by atoms with E-state index in [0.717, 1.165) is 5.92 Å². The minimum Gasteiger partial charge on any atom is -0.327 e. The van der Waals surface area contributed by atoms with Crippen LogP contribution in [0.5, 0.6) is 0 Å². The van der Waals surface area contributed by atoms with E-state index in [2.05, 4.69) is 53.4 Å². The largest absolute Gasteiger partial charge is 0.327 e. The number of nitrogens with two attached hydrogens (primary N) is 1. The lowest BCUT2D eigenvalue weighted by Crippen LogP contribution is -2.32. The molecule has 2 fully saturated rings. The van der Waals surface area contributed by atoms with Gasteiger partial charge < -0.3 is 5.73 Å². The van der Waals surface area contributed by atoms with Crippen LogP contribution in [0.1, 0.15) is 30.0 Å². The highest BCUT2D eigenvalue weighted by Gasteiger charge is 2.45. The molecule has 3 unspecified atom stereocenters. The van der Waals surface area contributed by atoms with E-state index in [9.17, 15) is 0 Å². The van der Waals surface area contributed by atoms with Gasteiger partial charge in [-0.15, -0.1) is 12.4 Å². The number of fused-ring (bicyclic) bond motifs is 4. The van der Waals surface area contributed by atoms with Gasteiger partial charge in [-0.25, -0.2) is 0 Å². The van der Waals surface area contributed by atoms with Crippen molar-refractivity contribution in [3.63, 3.8) is 0 Å². The number of hydrogen-bond acceptors (Lipinski definition) is 2. The van der Waals surface area contributed by atoms with Crippen LogP contribution in [-0.4, -0.2) is 24.0 Å². The van der Waals surface area contributed by atoms with Crippen molar-refractivity contribution in [2.45, 2.75) is 24.9 Å². The summed E-state index contributed by atoms with van der Waals surface area (Å²) in [6.45, 7) is 2.38. The molecular weight excluding hydrogens is 304 g/mol. The third kappa shape index (κ3) is 2.16. The molecule has 0 aromatic heterocycles. The van der Waals surface area contributed by atoms with Crippen LogP contribution < -0.4 is 5.73 Å². The summed E-state index contributed by atoms with van der Waals surface area (Å²) in [4.78, 5) is 2.69. The van der Waals surface area contributed by atoms with Crippen molar-refractivity contribution in [2.24, 2.45) is 17.6 Å². The number of benzene rings is 2. The number of hydrogen-bond donors (Lipinski definition) is 1. The maximum Gasteiger partial charge on any atom is 0.0614 e. The molecule has 2 aliphatic carbocycles. The minimum atomic E-state index is 0. The second kappa shape index (κ2) is 5.62. The van der Waals surface area contributed by atoms with Gasteiger partial charge in [0.2, 0.25) is 0 Å². The zero-order valence-electron chi connectivity index (χ0n) is 13.2. The lowest BCUT2D eigenvalue weighted by atomic mass is 9.98. The summed E-state index contributed by atoms with van der Waals surface area (Å²) in [5.74, 6) is 1.52. The van der Waals surface area contributed by atoms with Crippen LogP contribution in [0.25, 0.3) is 11.1 Å². The number of halogens is 1. The molecule has 120 valence electrons. The monoisotopic (exact) mass is 326 g/mol. The maximum atomic E-state index is 6.34. The van der Waals surface area contributed by atoms with E-state index >= 15 is 0 Å². The maximum absolute atomic E-state index is 6.34. The number of likely N-dealkylation sites (tertiary alicyclic amines) is 1. The lowest BCUT2D eigenvalue weighted by Gasteiger charge is -2.27. The van der Waals surface area contributed by atoms with E-state index < -0.39 is 0 Å². The average Bonchev–Trinajstić information content (AvgIpc) is 3.20. The van der Waals surface area contributed by atoms with Crippen LogP contribution in [0.15, 0.2) is 48.5 Å². The normalized spacial score (nSPS) is 29.0. The fraction of sp³-hybridized carbons (Fsp3) is 0.400. The standard InChI is InChI=1S/C20H22N2.ClH/c21-19-10-9-13-11-22(12-18(13)19)20-16-7-3-1-5-14(16)15-6-2-4-8-17(15)20;/h1-8,13,18-20H,9-12,21H2;1H. The van der Waals surface area contributed by atoms with Crippen LogP contribution in [0, 0.1) is 11.8 Å². The quantitative estimate of drug-likeness (QED) is 0.862. The lowest BCUT2D eigenvalue weighted by molar-refractivity contribution is 0.258. The molecule has 1 heterocycles. The summed E-state index contributed by atoms with van der Waals surface area (Å²) in [5.41, 5.74) is 12.2. The summed E-state index contributed by atoms with van der Waals surface area (Å²) >= 11 is 0. The highest BCUT2D eigenvalue weighted by molar-refractivity contribution is 5.85. The van der Waals surface area contributed by atoms with Crippen molar-refractivity contribution in [3.8, 4) is 11.1 Å². The topological polar surface area (TPSA) is 29.3 Å². The molecule has 2 nitrogen and oxygen atoms in total. The molecule has 0 spiro atoms. The second-order valence-corrected chi connectivity index (χ2v) is 7.20. The smallest absolute Gasteiger partial charge is 0.0614 e. The van der Waals surface area contributed by atoms with E-state index in [0.29, 0.717) is 18.0 Å². The summed E-state index contributed by atoms with van der Waals surface area (Å²) in [6, 6.07) is 18.7. The van der Waals surface area contributed by atoms with Crippen molar-refractivity contribution in [1.29, 1.82) is 0 Å². The molecule has 0 amide bonds. The third-order valence-electron chi connectivity index (χ3n) is 6.11. The van der Waals surface area contributed by atoms with Crippen LogP contribution >= 0.6 is 12.4 Å². The molecule has 3 atom stereocenters. The molecule has 2 aromatic rings. The van der Waals surface area contributed by atoms with Crippen LogP contribution in [0.3, 0.4) is 0 Å². The number of rotatable bonds is 1. The molecule has 1 aliphatic heterocycles. The van der Waals surface area contributed by atoms with Gasteiger partial charge in [0.15, 0.2) is 0 Å². The SMILES string of the molecule is Cl.NC1CCC2CN(C3c4ccccc4-c4ccccc43)CC12. The van der Waals surface area contributed by atoms with Gasteiger partial charge in [0.25, 0.3) is 0 Å². The molecule has 1 saturated carbocycles.